The fraction of sp³-hybridized carbons (Fsp3) is 0.407. The van der Waals surface area contributed by atoms with Crippen molar-refractivity contribution in [1.82, 2.24) is 14.5 Å². The summed E-state index contributed by atoms with van der Waals surface area (Å²) in [6, 6.07) is 15.0. The van der Waals surface area contributed by atoms with Crippen molar-refractivity contribution in [3.63, 3.8) is 0 Å². The first kappa shape index (κ1) is 24.1. The fourth-order valence-electron chi connectivity index (χ4n) is 4.34. The predicted molar refractivity (Wildman–Crippen MR) is 138 cm³/mol. The monoisotopic (exact) mass is 461 g/mol. The number of rotatable bonds is 10. The maximum atomic E-state index is 10.6. The van der Waals surface area contributed by atoms with Crippen LogP contribution in [0.25, 0.3) is 21.9 Å². The van der Waals surface area contributed by atoms with Gasteiger partial charge in [0, 0.05) is 12.0 Å². The van der Waals surface area contributed by atoms with Crippen LogP contribution in [0.15, 0.2) is 42.5 Å². The second kappa shape index (κ2) is 10.1. The van der Waals surface area contributed by atoms with Gasteiger partial charge in [0.05, 0.1) is 23.2 Å². The molecule has 2 aromatic carbocycles. The molecular formula is C27H35N5O2. The Balaban J connectivity index is 1.73. The average molecular weight is 462 g/mol. The van der Waals surface area contributed by atoms with Crippen molar-refractivity contribution in [1.29, 1.82) is 0 Å². The molecular weight excluding hydrogens is 426 g/mol. The van der Waals surface area contributed by atoms with Gasteiger partial charge >= 0.3 is 0 Å². The smallest absolute Gasteiger partial charge is 0.152 e. The second-order valence-corrected chi connectivity index (χ2v) is 9.50. The molecule has 7 nitrogen and oxygen atoms in total. The van der Waals surface area contributed by atoms with Gasteiger partial charge in [0.25, 0.3) is 0 Å². The molecule has 2 heterocycles. The quantitative estimate of drug-likeness (QED) is 0.330. The van der Waals surface area contributed by atoms with Crippen molar-refractivity contribution in [3.05, 3.63) is 65.0 Å². The topological polar surface area (TPSA) is 112 Å². The van der Waals surface area contributed by atoms with Crippen molar-refractivity contribution >= 4 is 27.8 Å². The van der Waals surface area contributed by atoms with E-state index in [1.807, 2.05) is 11.5 Å². The summed E-state index contributed by atoms with van der Waals surface area (Å²) in [7, 11) is 0. The summed E-state index contributed by atoms with van der Waals surface area (Å²) in [5.74, 6) is 1.12. The molecule has 0 atom stereocenters. The van der Waals surface area contributed by atoms with E-state index in [9.17, 15) is 5.11 Å². The van der Waals surface area contributed by atoms with Gasteiger partial charge in [0.1, 0.15) is 17.9 Å². The number of aliphatic hydroxyl groups is 1. The van der Waals surface area contributed by atoms with E-state index in [-0.39, 0.29) is 0 Å². The average Bonchev–Trinajstić information content (AvgIpc) is 3.14. The Kier molecular flexibility index (Phi) is 7.16. The number of fused-ring (bicyclic) bond motifs is 3. The third-order valence-electron chi connectivity index (χ3n) is 5.93. The van der Waals surface area contributed by atoms with E-state index >= 15 is 0 Å². The number of aryl methyl sites for hydroxylation is 1. The van der Waals surface area contributed by atoms with Gasteiger partial charge in [-0.2, -0.15) is 0 Å². The minimum Gasteiger partial charge on any atom is -0.389 e. The summed E-state index contributed by atoms with van der Waals surface area (Å²) in [4.78, 5) is 9.41. The summed E-state index contributed by atoms with van der Waals surface area (Å²) in [5.41, 5.74) is 17.1. The molecule has 0 bridgehead atoms. The molecule has 0 aliphatic rings. The number of imidazole rings is 1. The maximum absolute atomic E-state index is 10.6. The third kappa shape index (κ3) is 5.38. The van der Waals surface area contributed by atoms with Gasteiger partial charge < -0.3 is 25.9 Å². The number of benzene rings is 2. The highest BCUT2D eigenvalue weighted by atomic mass is 16.5. The van der Waals surface area contributed by atoms with E-state index in [1.165, 1.54) is 11.1 Å². The highest BCUT2D eigenvalue weighted by Crippen LogP contribution is 2.31. The Bertz CT molecular complexity index is 1270. The number of pyridine rings is 1. The molecule has 5 N–H and O–H groups in total. The molecule has 0 aliphatic carbocycles. The predicted octanol–water partition coefficient (Wildman–Crippen LogP) is 3.96. The molecule has 4 rings (SSSR count). The van der Waals surface area contributed by atoms with E-state index < -0.39 is 5.60 Å². The zero-order chi connectivity index (χ0) is 24.3. The number of aromatic nitrogens is 3. The Morgan fingerprint density at radius 1 is 1.03 bits per heavy atom. The molecule has 2 aromatic heterocycles. The number of nitrogen functional groups attached to an aromatic ring is 1. The van der Waals surface area contributed by atoms with E-state index in [0.29, 0.717) is 37.6 Å². The van der Waals surface area contributed by atoms with Crippen molar-refractivity contribution in [2.45, 2.75) is 58.8 Å². The van der Waals surface area contributed by atoms with Crippen LogP contribution >= 0.6 is 0 Å². The Morgan fingerprint density at radius 3 is 2.41 bits per heavy atom. The zero-order valence-electron chi connectivity index (χ0n) is 20.3. The standard InChI is InChI=1S/C27H35N5O2/c1-4-34-16-23-31-24-25(32(23)17-27(2,3)33)21-12-11-20(15-22(21)30-26(24)29)14-19-9-7-18(8-10-19)6-5-13-28/h7-12,15,33H,4-6,13-14,16-17,28H2,1-3H3,(H2,29,30). The van der Waals surface area contributed by atoms with Crippen LogP contribution in [-0.4, -0.2) is 38.4 Å². The molecule has 180 valence electrons. The number of nitrogens with zero attached hydrogens (tertiary/aromatic N) is 3. The number of ether oxygens (including phenoxy) is 1. The van der Waals surface area contributed by atoms with E-state index in [4.69, 9.17) is 21.2 Å². The second-order valence-electron chi connectivity index (χ2n) is 9.50. The molecule has 34 heavy (non-hydrogen) atoms. The number of hydrogen-bond acceptors (Lipinski definition) is 6. The summed E-state index contributed by atoms with van der Waals surface area (Å²) in [6.45, 7) is 7.54. The summed E-state index contributed by atoms with van der Waals surface area (Å²) in [5, 5.41) is 11.5. The van der Waals surface area contributed by atoms with Crippen molar-refractivity contribution in [2.24, 2.45) is 5.73 Å². The van der Waals surface area contributed by atoms with Gasteiger partial charge in [-0.05, 0) is 69.3 Å². The van der Waals surface area contributed by atoms with Gasteiger partial charge in [-0.15, -0.1) is 0 Å². The zero-order valence-corrected chi connectivity index (χ0v) is 20.3. The van der Waals surface area contributed by atoms with Crippen LogP contribution in [0.1, 0.15) is 49.7 Å². The van der Waals surface area contributed by atoms with Crippen LogP contribution in [-0.2, 0) is 30.7 Å². The van der Waals surface area contributed by atoms with Gasteiger partial charge in [-0.3, -0.25) is 0 Å². The Hall–Kier alpha value is -3.00. The van der Waals surface area contributed by atoms with Crippen molar-refractivity contribution in [2.75, 3.05) is 18.9 Å². The highest BCUT2D eigenvalue weighted by Gasteiger charge is 2.22. The SMILES string of the molecule is CCOCc1nc2c(N)nc3cc(Cc4ccc(CCCN)cc4)ccc3c2n1CC(C)(C)O. The number of hydrogen-bond donors (Lipinski definition) is 3. The number of nitrogens with two attached hydrogens (primary N) is 2. The van der Waals surface area contributed by atoms with Crippen LogP contribution in [0.4, 0.5) is 5.82 Å². The molecule has 0 fully saturated rings. The van der Waals surface area contributed by atoms with Crippen LogP contribution in [0.2, 0.25) is 0 Å². The lowest BCUT2D eigenvalue weighted by molar-refractivity contribution is 0.0582. The van der Waals surface area contributed by atoms with Crippen LogP contribution in [0, 0.1) is 0 Å². The minimum atomic E-state index is -0.921. The maximum Gasteiger partial charge on any atom is 0.152 e. The van der Waals surface area contributed by atoms with Crippen LogP contribution in [0.5, 0.6) is 0 Å². The fourth-order valence-corrected chi connectivity index (χ4v) is 4.34. The van der Waals surface area contributed by atoms with Gasteiger partial charge in [-0.25, -0.2) is 9.97 Å². The Labute approximate surface area is 200 Å². The van der Waals surface area contributed by atoms with E-state index in [0.717, 1.165) is 47.1 Å². The molecule has 0 amide bonds. The normalized spacial score (nSPS) is 12.1. The summed E-state index contributed by atoms with van der Waals surface area (Å²) >= 11 is 0. The van der Waals surface area contributed by atoms with Crippen LogP contribution in [0.3, 0.4) is 0 Å². The number of anilines is 1. The summed E-state index contributed by atoms with van der Waals surface area (Å²) in [6.07, 6.45) is 2.82. The first-order chi connectivity index (χ1) is 16.3. The molecule has 7 heteroatoms. The molecule has 0 saturated carbocycles. The molecule has 0 saturated heterocycles. The van der Waals surface area contributed by atoms with Crippen LogP contribution < -0.4 is 11.5 Å². The van der Waals surface area contributed by atoms with Crippen molar-refractivity contribution < 1.29 is 9.84 Å². The van der Waals surface area contributed by atoms with Gasteiger partial charge in [0.2, 0.25) is 0 Å². The third-order valence-corrected chi connectivity index (χ3v) is 5.93. The minimum absolute atomic E-state index is 0.349. The molecule has 4 aromatic rings. The first-order valence-corrected chi connectivity index (χ1v) is 11.9. The van der Waals surface area contributed by atoms with E-state index in [1.54, 1.807) is 13.8 Å². The molecule has 0 radical (unpaired) electrons. The van der Waals surface area contributed by atoms with Crippen molar-refractivity contribution in [3.8, 4) is 0 Å². The summed E-state index contributed by atoms with van der Waals surface area (Å²) < 4.78 is 7.66. The lowest BCUT2D eigenvalue weighted by atomic mass is 10.0. The molecule has 0 unspecified atom stereocenters. The van der Waals surface area contributed by atoms with Gasteiger partial charge in [-0.1, -0.05) is 36.4 Å². The lowest BCUT2D eigenvalue weighted by Crippen LogP contribution is -2.27. The molecule has 0 aliphatic heterocycles. The molecule has 0 spiro atoms. The van der Waals surface area contributed by atoms with Gasteiger partial charge in [0.15, 0.2) is 5.82 Å². The van der Waals surface area contributed by atoms with E-state index in [2.05, 4.69) is 47.4 Å². The Morgan fingerprint density at radius 2 is 1.74 bits per heavy atom. The largest absolute Gasteiger partial charge is 0.389 e. The lowest BCUT2D eigenvalue weighted by Gasteiger charge is -2.20. The highest BCUT2D eigenvalue weighted by molar-refractivity contribution is 6.06. The first-order valence-electron chi connectivity index (χ1n) is 11.9.